The van der Waals surface area contributed by atoms with Crippen molar-refractivity contribution in [2.24, 2.45) is 0 Å². The van der Waals surface area contributed by atoms with Crippen molar-refractivity contribution in [1.82, 2.24) is 4.98 Å². The molecular weight excluding hydrogens is 515 g/mol. The van der Waals surface area contributed by atoms with Gasteiger partial charge in [-0.3, -0.25) is 9.52 Å². The van der Waals surface area contributed by atoms with Crippen LogP contribution in [0, 0.1) is 6.92 Å². The van der Waals surface area contributed by atoms with Crippen molar-refractivity contribution in [2.45, 2.75) is 28.9 Å². The minimum atomic E-state index is -3.67. The van der Waals surface area contributed by atoms with E-state index in [1.165, 1.54) is 23.1 Å². The van der Waals surface area contributed by atoms with E-state index < -0.39 is 10.0 Å². The lowest BCUT2D eigenvalue weighted by Gasteiger charge is -2.12. The first-order valence-electron chi connectivity index (χ1n) is 11.0. The van der Waals surface area contributed by atoms with Gasteiger partial charge < -0.3 is 10.1 Å². The molecule has 1 unspecified atom stereocenters. The van der Waals surface area contributed by atoms with E-state index in [2.05, 4.69) is 15.0 Å². The Labute approximate surface area is 219 Å². The smallest absolute Gasteiger partial charge is 0.261 e. The van der Waals surface area contributed by atoms with Crippen LogP contribution in [0.2, 0.25) is 0 Å². The number of benzene rings is 3. The molecule has 4 aromatic rings. The van der Waals surface area contributed by atoms with E-state index in [-0.39, 0.29) is 16.1 Å². The van der Waals surface area contributed by atoms with Gasteiger partial charge in [-0.2, -0.15) is 0 Å². The zero-order valence-electron chi connectivity index (χ0n) is 19.9. The van der Waals surface area contributed by atoms with Gasteiger partial charge in [-0.1, -0.05) is 17.7 Å². The number of methoxy groups -OCH3 is 1. The Hall–Kier alpha value is -3.34. The van der Waals surface area contributed by atoms with Crippen LogP contribution in [0.5, 0.6) is 5.75 Å². The van der Waals surface area contributed by atoms with Gasteiger partial charge in [0.15, 0.2) is 5.13 Å². The van der Waals surface area contributed by atoms with Gasteiger partial charge >= 0.3 is 0 Å². The van der Waals surface area contributed by atoms with E-state index in [0.29, 0.717) is 10.8 Å². The van der Waals surface area contributed by atoms with Crippen LogP contribution in [0.25, 0.3) is 11.3 Å². The van der Waals surface area contributed by atoms with Gasteiger partial charge in [-0.15, -0.1) is 23.1 Å². The molecule has 0 fully saturated rings. The maximum atomic E-state index is 12.7. The molecule has 186 valence electrons. The Bertz CT molecular complexity index is 1430. The molecule has 0 saturated heterocycles. The van der Waals surface area contributed by atoms with Crippen molar-refractivity contribution in [1.29, 1.82) is 0 Å². The van der Waals surface area contributed by atoms with Crippen LogP contribution in [0.15, 0.2) is 88.0 Å². The summed E-state index contributed by atoms with van der Waals surface area (Å²) in [6.45, 7) is 3.71. The van der Waals surface area contributed by atoms with Crippen molar-refractivity contribution in [3.63, 3.8) is 0 Å². The number of aromatic nitrogens is 1. The first-order valence-corrected chi connectivity index (χ1v) is 14.2. The molecule has 0 radical (unpaired) electrons. The number of aryl methyl sites for hydroxylation is 1. The van der Waals surface area contributed by atoms with Crippen LogP contribution in [0.4, 0.5) is 10.8 Å². The number of nitrogens with one attached hydrogen (secondary N) is 2. The SMILES string of the molecule is COc1ccc(-c2csc(NC(=O)C(C)Sc3ccc(NS(=O)(=O)c4ccc(C)cc4)cc3)n2)cc1. The summed E-state index contributed by atoms with van der Waals surface area (Å²) in [5.74, 6) is 0.602. The fraction of sp³-hybridized carbons (Fsp3) is 0.154. The summed E-state index contributed by atoms with van der Waals surface area (Å²) in [6.07, 6.45) is 0. The molecule has 7 nitrogen and oxygen atoms in total. The van der Waals surface area contributed by atoms with Crippen LogP contribution in [0.3, 0.4) is 0 Å². The minimum Gasteiger partial charge on any atom is -0.497 e. The number of rotatable bonds is 9. The first-order chi connectivity index (χ1) is 17.2. The fourth-order valence-electron chi connectivity index (χ4n) is 3.22. The van der Waals surface area contributed by atoms with Crippen molar-refractivity contribution in [3.8, 4) is 17.0 Å². The van der Waals surface area contributed by atoms with Crippen LogP contribution < -0.4 is 14.8 Å². The lowest BCUT2D eigenvalue weighted by molar-refractivity contribution is -0.115. The standard InChI is InChI=1S/C26H25N3O4S3/c1-17-4-14-23(15-5-17)36(31,32)29-20-8-12-22(13-9-20)35-18(2)25(30)28-26-27-24(16-34-26)19-6-10-21(33-3)11-7-19/h4-16,18,29H,1-3H3,(H,27,28,30). The highest BCUT2D eigenvalue weighted by atomic mass is 32.2. The Morgan fingerprint density at radius 1 is 1.00 bits per heavy atom. The maximum absolute atomic E-state index is 12.7. The maximum Gasteiger partial charge on any atom is 0.261 e. The number of nitrogens with zero attached hydrogens (tertiary/aromatic N) is 1. The second-order valence-electron chi connectivity index (χ2n) is 7.96. The molecule has 3 aromatic carbocycles. The number of anilines is 2. The van der Waals surface area contributed by atoms with Crippen molar-refractivity contribution >= 4 is 49.8 Å². The summed E-state index contributed by atoms with van der Waals surface area (Å²) >= 11 is 2.74. The lowest BCUT2D eigenvalue weighted by atomic mass is 10.2. The minimum absolute atomic E-state index is 0.167. The molecule has 0 spiro atoms. The van der Waals surface area contributed by atoms with E-state index in [4.69, 9.17) is 4.74 Å². The number of carbonyl (C=O) groups is 1. The number of carbonyl (C=O) groups excluding carboxylic acids is 1. The Morgan fingerprint density at radius 2 is 1.67 bits per heavy atom. The largest absolute Gasteiger partial charge is 0.497 e. The number of hydrogen-bond acceptors (Lipinski definition) is 7. The highest BCUT2D eigenvalue weighted by molar-refractivity contribution is 8.00. The van der Waals surface area contributed by atoms with Crippen molar-refractivity contribution < 1.29 is 17.9 Å². The third-order valence-corrected chi connectivity index (χ3v) is 8.51. The van der Waals surface area contributed by atoms with E-state index in [0.717, 1.165) is 27.5 Å². The Morgan fingerprint density at radius 3 is 2.31 bits per heavy atom. The van der Waals surface area contributed by atoms with Gasteiger partial charge in [0, 0.05) is 21.5 Å². The van der Waals surface area contributed by atoms with Crippen molar-refractivity contribution in [3.05, 3.63) is 83.7 Å². The highest BCUT2D eigenvalue weighted by Crippen LogP contribution is 2.29. The number of amides is 1. The van der Waals surface area contributed by atoms with Crippen LogP contribution in [-0.2, 0) is 14.8 Å². The summed E-state index contributed by atoms with van der Waals surface area (Å²) in [5.41, 5.74) is 3.15. The first kappa shape index (κ1) is 25.7. The molecule has 2 N–H and O–H groups in total. The lowest BCUT2D eigenvalue weighted by Crippen LogP contribution is -2.22. The molecule has 0 aliphatic heterocycles. The molecular formula is C26H25N3O4S3. The van der Waals surface area contributed by atoms with Crippen molar-refractivity contribution in [2.75, 3.05) is 17.1 Å². The molecule has 0 aliphatic carbocycles. The van der Waals surface area contributed by atoms with Crippen LogP contribution in [-0.4, -0.2) is 31.7 Å². The Kier molecular flexibility index (Phi) is 7.97. The predicted octanol–water partition coefficient (Wildman–Crippen LogP) is 6.05. The second-order valence-corrected chi connectivity index (χ2v) is 11.9. The molecule has 1 amide bonds. The molecule has 10 heteroatoms. The summed E-state index contributed by atoms with van der Waals surface area (Å²) in [6, 6.07) is 21.2. The molecule has 0 bridgehead atoms. The molecule has 0 aliphatic rings. The molecule has 1 heterocycles. The molecule has 0 saturated carbocycles. The topological polar surface area (TPSA) is 97.4 Å². The normalized spacial score (nSPS) is 12.1. The molecule has 1 aromatic heterocycles. The Balaban J connectivity index is 1.33. The summed E-state index contributed by atoms with van der Waals surface area (Å²) in [4.78, 5) is 18.3. The van der Waals surface area contributed by atoms with E-state index in [9.17, 15) is 13.2 Å². The number of thioether (sulfide) groups is 1. The number of thiazole rings is 1. The monoisotopic (exact) mass is 539 g/mol. The zero-order chi connectivity index (χ0) is 25.7. The molecule has 36 heavy (non-hydrogen) atoms. The summed E-state index contributed by atoms with van der Waals surface area (Å²) in [5, 5.41) is 4.91. The van der Waals surface area contributed by atoms with Gasteiger partial charge in [0.2, 0.25) is 5.91 Å². The van der Waals surface area contributed by atoms with Gasteiger partial charge in [0.05, 0.1) is 22.9 Å². The van der Waals surface area contributed by atoms with Gasteiger partial charge in [-0.25, -0.2) is 13.4 Å². The van der Waals surface area contributed by atoms with Gasteiger partial charge in [0.25, 0.3) is 10.0 Å². The van der Waals surface area contributed by atoms with Gasteiger partial charge in [-0.05, 0) is 74.5 Å². The zero-order valence-corrected chi connectivity index (χ0v) is 22.3. The third kappa shape index (κ3) is 6.45. The van der Waals surface area contributed by atoms with E-state index in [1.54, 1.807) is 55.6 Å². The molecule has 4 rings (SSSR count). The van der Waals surface area contributed by atoms with Gasteiger partial charge in [0.1, 0.15) is 5.75 Å². The summed E-state index contributed by atoms with van der Waals surface area (Å²) in [7, 11) is -2.05. The number of ether oxygens (including phenoxy) is 1. The van der Waals surface area contributed by atoms with Crippen LogP contribution in [0.1, 0.15) is 12.5 Å². The van der Waals surface area contributed by atoms with Crippen LogP contribution >= 0.6 is 23.1 Å². The summed E-state index contributed by atoms with van der Waals surface area (Å²) < 4.78 is 32.9. The fourth-order valence-corrected chi connectivity index (χ4v) is 5.87. The number of sulfonamides is 1. The quantitative estimate of drug-likeness (QED) is 0.252. The highest BCUT2D eigenvalue weighted by Gasteiger charge is 2.17. The number of hydrogen-bond donors (Lipinski definition) is 2. The molecule has 1 atom stereocenters. The average molecular weight is 540 g/mol. The van der Waals surface area contributed by atoms with E-state index >= 15 is 0 Å². The predicted molar refractivity (Wildman–Crippen MR) is 146 cm³/mol. The van der Waals surface area contributed by atoms with E-state index in [1.807, 2.05) is 43.5 Å². The average Bonchev–Trinajstić information content (AvgIpc) is 3.33. The second kappa shape index (κ2) is 11.2. The third-order valence-electron chi connectivity index (χ3n) is 5.24.